The highest BCUT2D eigenvalue weighted by Crippen LogP contribution is 2.21. The van der Waals surface area contributed by atoms with Gasteiger partial charge >= 0.3 is 5.97 Å². The highest BCUT2D eigenvalue weighted by molar-refractivity contribution is 7.80. The molecule has 86 valence electrons. The van der Waals surface area contributed by atoms with E-state index in [9.17, 15) is 4.79 Å². The lowest BCUT2D eigenvalue weighted by Crippen LogP contribution is -1.97. The molecule has 0 aliphatic heterocycles. The van der Waals surface area contributed by atoms with E-state index >= 15 is 0 Å². The van der Waals surface area contributed by atoms with Gasteiger partial charge in [0.2, 0.25) is 0 Å². The van der Waals surface area contributed by atoms with Gasteiger partial charge in [-0.1, -0.05) is 12.2 Å². The molecule has 1 rings (SSSR count). The first-order valence-corrected chi connectivity index (χ1v) is 5.51. The molecule has 0 amide bonds. The Hall–Kier alpha value is -1.42. The van der Waals surface area contributed by atoms with Crippen LogP contribution >= 0.6 is 12.6 Å². The Balaban J connectivity index is 3.02. The second kappa shape index (κ2) is 6.23. The van der Waals surface area contributed by atoms with Crippen molar-refractivity contribution in [2.24, 2.45) is 0 Å². The lowest BCUT2D eigenvalue weighted by molar-refractivity contribution is 0.0697. The quantitative estimate of drug-likeness (QED) is 0.775. The van der Waals surface area contributed by atoms with Crippen molar-refractivity contribution >= 4 is 24.7 Å². The van der Waals surface area contributed by atoms with Gasteiger partial charge in [-0.2, -0.15) is 12.6 Å². The van der Waals surface area contributed by atoms with E-state index in [0.717, 1.165) is 17.7 Å². The minimum absolute atomic E-state index is 0.256. The highest BCUT2D eigenvalue weighted by atomic mass is 32.1. The predicted octanol–water partition coefficient (Wildman–Crippen LogP) is 2.73. The van der Waals surface area contributed by atoms with E-state index in [2.05, 4.69) is 12.6 Å². The zero-order chi connectivity index (χ0) is 12.0. The van der Waals surface area contributed by atoms with Crippen LogP contribution in [0.25, 0.3) is 6.08 Å². The molecule has 3 nitrogen and oxygen atoms in total. The van der Waals surface area contributed by atoms with Crippen LogP contribution in [0.1, 0.15) is 22.3 Å². The topological polar surface area (TPSA) is 46.5 Å². The lowest BCUT2D eigenvalue weighted by Gasteiger charge is -2.05. The smallest absolute Gasteiger partial charge is 0.335 e. The lowest BCUT2D eigenvalue weighted by atomic mass is 10.1. The standard InChI is InChI=1S/C12H14O3S/c1-15-11-6-5-10(12(13)14)8-9(11)4-2-3-7-16/h2,4-6,8,16H,3,7H2,1H3,(H,13,14). The number of ether oxygens (including phenoxy) is 1. The summed E-state index contributed by atoms with van der Waals surface area (Å²) in [6.45, 7) is 0. The molecule has 0 saturated heterocycles. The summed E-state index contributed by atoms with van der Waals surface area (Å²) in [4.78, 5) is 10.8. The molecule has 1 aromatic rings. The molecule has 0 fully saturated rings. The summed E-state index contributed by atoms with van der Waals surface area (Å²) in [5.41, 5.74) is 1.02. The summed E-state index contributed by atoms with van der Waals surface area (Å²) in [6, 6.07) is 4.77. The fourth-order valence-corrected chi connectivity index (χ4v) is 1.43. The molecule has 1 aromatic carbocycles. The average Bonchev–Trinajstić information content (AvgIpc) is 2.29. The Bertz CT molecular complexity index is 399. The third-order valence-electron chi connectivity index (χ3n) is 2.07. The van der Waals surface area contributed by atoms with E-state index in [4.69, 9.17) is 9.84 Å². The number of benzene rings is 1. The molecule has 0 atom stereocenters. The first-order chi connectivity index (χ1) is 7.69. The molecule has 0 saturated carbocycles. The van der Waals surface area contributed by atoms with Crippen molar-refractivity contribution in [3.05, 3.63) is 35.4 Å². The SMILES string of the molecule is COc1ccc(C(=O)O)cc1C=CCCS. The number of carbonyl (C=O) groups is 1. The molecule has 4 heteroatoms. The zero-order valence-electron chi connectivity index (χ0n) is 9.01. The minimum Gasteiger partial charge on any atom is -0.496 e. The normalized spacial score (nSPS) is 10.6. The van der Waals surface area contributed by atoms with Crippen LogP contribution in [0.5, 0.6) is 5.75 Å². The van der Waals surface area contributed by atoms with Crippen LogP contribution in [0, 0.1) is 0 Å². The predicted molar refractivity (Wildman–Crippen MR) is 67.5 cm³/mol. The molecule has 0 heterocycles. The van der Waals surface area contributed by atoms with E-state index in [1.54, 1.807) is 19.2 Å². The highest BCUT2D eigenvalue weighted by Gasteiger charge is 2.06. The van der Waals surface area contributed by atoms with Crippen LogP contribution in [0.4, 0.5) is 0 Å². The maximum Gasteiger partial charge on any atom is 0.335 e. The van der Waals surface area contributed by atoms with Crippen molar-refractivity contribution in [2.75, 3.05) is 12.9 Å². The van der Waals surface area contributed by atoms with E-state index < -0.39 is 5.97 Å². The molecule has 16 heavy (non-hydrogen) atoms. The number of aromatic carboxylic acids is 1. The van der Waals surface area contributed by atoms with Crippen LogP contribution in [0.2, 0.25) is 0 Å². The van der Waals surface area contributed by atoms with E-state index in [1.807, 2.05) is 12.2 Å². The maximum absolute atomic E-state index is 10.8. The Morgan fingerprint density at radius 2 is 2.31 bits per heavy atom. The van der Waals surface area contributed by atoms with Crippen molar-refractivity contribution in [3.8, 4) is 5.75 Å². The van der Waals surface area contributed by atoms with Gasteiger partial charge < -0.3 is 9.84 Å². The summed E-state index contributed by atoms with van der Waals surface area (Å²) < 4.78 is 5.15. The fraction of sp³-hybridized carbons (Fsp3) is 0.250. The first kappa shape index (κ1) is 12.6. The third kappa shape index (κ3) is 3.31. The van der Waals surface area contributed by atoms with Crippen LogP contribution in [0.15, 0.2) is 24.3 Å². The van der Waals surface area contributed by atoms with E-state index in [1.165, 1.54) is 6.07 Å². The number of carboxylic acids is 1. The minimum atomic E-state index is -0.938. The number of hydrogen-bond acceptors (Lipinski definition) is 3. The van der Waals surface area contributed by atoms with Gasteiger partial charge in [-0.15, -0.1) is 0 Å². The van der Waals surface area contributed by atoms with Crippen molar-refractivity contribution in [1.82, 2.24) is 0 Å². The van der Waals surface area contributed by atoms with Gasteiger partial charge in [0.15, 0.2) is 0 Å². The van der Waals surface area contributed by atoms with Gasteiger partial charge in [0.05, 0.1) is 12.7 Å². The molecule has 0 bridgehead atoms. The van der Waals surface area contributed by atoms with Crippen LogP contribution < -0.4 is 4.74 Å². The number of carboxylic acid groups (broad SMARTS) is 1. The summed E-state index contributed by atoms with van der Waals surface area (Å²) in [5.74, 6) is 0.490. The molecule has 0 aliphatic carbocycles. The van der Waals surface area contributed by atoms with Crippen LogP contribution in [-0.4, -0.2) is 23.9 Å². The summed E-state index contributed by atoms with van der Waals surface area (Å²) in [7, 11) is 1.56. The van der Waals surface area contributed by atoms with Gasteiger partial charge in [-0.3, -0.25) is 0 Å². The van der Waals surface area contributed by atoms with Crippen LogP contribution in [-0.2, 0) is 0 Å². The van der Waals surface area contributed by atoms with Gasteiger partial charge in [0.25, 0.3) is 0 Å². The number of rotatable bonds is 5. The van der Waals surface area contributed by atoms with Gasteiger partial charge in [-0.25, -0.2) is 4.79 Å². The second-order valence-electron chi connectivity index (χ2n) is 3.18. The number of allylic oxidation sites excluding steroid dienone is 1. The zero-order valence-corrected chi connectivity index (χ0v) is 9.91. The van der Waals surface area contributed by atoms with E-state index in [-0.39, 0.29) is 5.56 Å². The Morgan fingerprint density at radius 3 is 2.88 bits per heavy atom. The summed E-state index contributed by atoms with van der Waals surface area (Å²) >= 11 is 4.09. The number of hydrogen-bond donors (Lipinski definition) is 2. The van der Waals surface area contributed by atoms with Crippen molar-refractivity contribution < 1.29 is 14.6 Å². The third-order valence-corrected chi connectivity index (χ3v) is 2.33. The van der Waals surface area contributed by atoms with Gasteiger partial charge in [0, 0.05) is 5.56 Å². The largest absolute Gasteiger partial charge is 0.496 e. The Kier molecular flexibility index (Phi) is 4.92. The summed E-state index contributed by atoms with van der Waals surface area (Å²) in [5, 5.41) is 8.87. The second-order valence-corrected chi connectivity index (χ2v) is 3.62. The molecule has 0 unspecified atom stereocenters. The summed E-state index contributed by atoms with van der Waals surface area (Å²) in [6.07, 6.45) is 4.63. The molecule has 1 N–H and O–H groups in total. The monoisotopic (exact) mass is 238 g/mol. The molecule has 0 radical (unpaired) electrons. The molecule has 0 spiro atoms. The molecular weight excluding hydrogens is 224 g/mol. The molecule has 0 aliphatic rings. The first-order valence-electron chi connectivity index (χ1n) is 4.87. The molecular formula is C12H14O3S. The van der Waals surface area contributed by atoms with Crippen molar-refractivity contribution in [2.45, 2.75) is 6.42 Å². The maximum atomic E-state index is 10.8. The van der Waals surface area contributed by atoms with Crippen molar-refractivity contribution in [3.63, 3.8) is 0 Å². The molecule has 0 aromatic heterocycles. The van der Waals surface area contributed by atoms with Gasteiger partial charge in [0.1, 0.15) is 5.75 Å². The van der Waals surface area contributed by atoms with Gasteiger partial charge in [-0.05, 0) is 30.4 Å². The fourth-order valence-electron chi connectivity index (χ4n) is 1.28. The van der Waals surface area contributed by atoms with E-state index in [0.29, 0.717) is 5.75 Å². The Morgan fingerprint density at radius 1 is 1.56 bits per heavy atom. The van der Waals surface area contributed by atoms with Crippen molar-refractivity contribution in [1.29, 1.82) is 0 Å². The van der Waals surface area contributed by atoms with Crippen LogP contribution in [0.3, 0.4) is 0 Å². The average molecular weight is 238 g/mol. The number of methoxy groups -OCH3 is 1. The number of thiol groups is 1. The Labute approximate surface area is 100 Å².